The maximum atomic E-state index is 8.42. The van der Waals surface area contributed by atoms with Gasteiger partial charge in [-0.25, -0.2) is 0 Å². The molecule has 0 saturated heterocycles. The van der Waals surface area contributed by atoms with E-state index in [2.05, 4.69) is 11.1 Å². The Kier molecular flexibility index (Phi) is 1.77. The number of aromatic amines is 1. The van der Waals surface area contributed by atoms with Gasteiger partial charge in [0.25, 0.3) is 0 Å². The Balaban J connectivity index is 3.01. The summed E-state index contributed by atoms with van der Waals surface area (Å²) in [5, 5.41) is 8.42. The monoisotopic (exact) mass is 134 g/mol. The summed E-state index contributed by atoms with van der Waals surface area (Å²) in [4.78, 5) is 3.07. The largest absolute Gasteiger partial charge is 0.365 e. The predicted molar refractivity (Wildman–Crippen MR) is 39.6 cm³/mol. The molecule has 1 N–H and O–H groups in total. The lowest BCUT2D eigenvalue weighted by atomic mass is 10.1. The second-order valence-electron chi connectivity index (χ2n) is 2.41. The standard InChI is InChI=1S/C8H10N2/c1-6-5-10-7(2)8(6)3-4-9/h5,10H,3H2,1-2H3. The van der Waals surface area contributed by atoms with Crippen molar-refractivity contribution < 1.29 is 0 Å². The van der Waals surface area contributed by atoms with Gasteiger partial charge in [0.1, 0.15) is 0 Å². The van der Waals surface area contributed by atoms with Gasteiger partial charge in [0, 0.05) is 11.9 Å². The van der Waals surface area contributed by atoms with Crippen LogP contribution in [0.4, 0.5) is 0 Å². The lowest BCUT2D eigenvalue weighted by molar-refractivity contribution is 1.17. The van der Waals surface area contributed by atoms with Crippen LogP contribution in [-0.4, -0.2) is 4.98 Å². The maximum absolute atomic E-state index is 8.42. The van der Waals surface area contributed by atoms with E-state index >= 15 is 0 Å². The maximum Gasteiger partial charge on any atom is 0.0670 e. The molecule has 1 rings (SSSR count). The van der Waals surface area contributed by atoms with Gasteiger partial charge in [-0.2, -0.15) is 5.26 Å². The van der Waals surface area contributed by atoms with Gasteiger partial charge >= 0.3 is 0 Å². The van der Waals surface area contributed by atoms with Gasteiger partial charge in [-0.3, -0.25) is 0 Å². The summed E-state index contributed by atoms with van der Waals surface area (Å²) in [6.45, 7) is 4.00. The van der Waals surface area contributed by atoms with Crippen molar-refractivity contribution in [3.63, 3.8) is 0 Å². The van der Waals surface area contributed by atoms with E-state index in [-0.39, 0.29) is 0 Å². The van der Waals surface area contributed by atoms with Gasteiger partial charge in [-0.15, -0.1) is 0 Å². The summed E-state index contributed by atoms with van der Waals surface area (Å²) in [6.07, 6.45) is 2.45. The van der Waals surface area contributed by atoms with Gasteiger partial charge in [-0.05, 0) is 25.0 Å². The number of aromatic nitrogens is 1. The van der Waals surface area contributed by atoms with Crippen LogP contribution in [0.5, 0.6) is 0 Å². The molecule has 0 aliphatic carbocycles. The van der Waals surface area contributed by atoms with Crippen LogP contribution in [0.3, 0.4) is 0 Å². The first kappa shape index (κ1) is 6.88. The highest BCUT2D eigenvalue weighted by atomic mass is 14.7. The van der Waals surface area contributed by atoms with E-state index in [9.17, 15) is 0 Å². The van der Waals surface area contributed by atoms with Gasteiger partial charge < -0.3 is 4.98 Å². The van der Waals surface area contributed by atoms with Crippen LogP contribution < -0.4 is 0 Å². The molecule has 52 valence electrons. The van der Waals surface area contributed by atoms with Crippen molar-refractivity contribution in [1.82, 2.24) is 4.98 Å². The average molecular weight is 134 g/mol. The molecule has 0 amide bonds. The lowest BCUT2D eigenvalue weighted by Crippen LogP contribution is -1.84. The summed E-state index contributed by atoms with van der Waals surface area (Å²) in [5.41, 5.74) is 3.43. The molecule has 2 nitrogen and oxygen atoms in total. The molecule has 1 heterocycles. The number of nitrogens with zero attached hydrogens (tertiary/aromatic N) is 1. The molecule has 0 saturated carbocycles. The Morgan fingerprint density at radius 2 is 2.30 bits per heavy atom. The van der Waals surface area contributed by atoms with Crippen molar-refractivity contribution in [2.45, 2.75) is 20.3 Å². The SMILES string of the molecule is Cc1c[nH]c(C)c1CC#N. The molecule has 0 fully saturated rings. The topological polar surface area (TPSA) is 39.6 Å². The third-order valence-corrected chi connectivity index (χ3v) is 1.69. The molecule has 0 spiro atoms. The van der Waals surface area contributed by atoms with E-state index in [1.54, 1.807) is 0 Å². The van der Waals surface area contributed by atoms with Crippen LogP contribution in [0.25, 0.3) is 0 Å². The molecule has 0 aliphatic rings. The average Bonchev–Trinajstić information content (AvgIpc) is 2.20. The number of H-pyrrole nitrogens is 1. The first-order valence-electron chi connectivity index (χ1n) is 3.26. The third kappa shape index (κ3) is 1.03. The Hall–Kier alpha value is -1.23. The van der Waals surface area contributed by atoms with E-state index in [0.29, 0.717) is 6.42 Å². The van der Waals surface area contributed by atoms with E-state index < -0.39 is 0 Å². The van der Waals surface area contributed by atoms with Crippen molar-refractivity contribution in [2.24, 2.45) is 0 Å². The van der Waals surface area contributed by atoms with Crippen molar-refractivity contribution in [1.29, 1.82) is 5.26 Å². The third-order valence-electron chi connectivity index (χ3n) is 1.69. The zero-order valence-corrected chi connectivity index (χ0v) is 6.23. The highest BCUT2D eigenvalue weighted by molar-refractivity contribution is 5.31. The van der Waals surface area contributed by atoms with E-state index in [1.807, 2.05) is 20.0 Å². The fourth-order valence-electron chi connectivity index (χ4n) is 1.04. The minimum Gasteiger partial charge on any atom is -0.365 e. The molecule has 2 heteroatoms. The number of aryl methyl sites for hydroxylation is 2. The normalized spacial score (nSPS) is 9.30. The van der Waals surface area contributed by atoms with Crippen LogP contribution >= 0.6 is 0 Å². The number of nitrogens with one attached hydrogen (secondary N) is 1. The predicted octanol–water partition coefficient (Wildman–Crippen LogP) is 1.70. The summed E-state index contributed by atoms with van der Waals surface area (Å²) in [7, 11) is 0. The zero-order valence-electron chi connectivity index (χ0n) is 6.23. The molecule has 1 aromatic heterocycles. The molecule has 0 atom stereocenters. The fraction of sp³-hybridized carbons (Fsp3) is 0.375. The van der Waals surface area contributed by atoms with Gasteiger partial charge in [0.15, 0.2) is 0 Å². The van der Waals surface area contributed by atoms with Crippen LogP contribution in [0.15, 0.2) is 6.20 Å². The number of nitriles is 1. The molecule has 0 unspecified atom stereocenters. The Labute approximate surface area is 60.5 Å². The summed E-state index contributed by atoms with van der Waals surface area (Å²) >= 11 is 0. The zero-order chi connectivity index (χ0) is 7.56. The van der Waals surface area contributed by atoms with E-state index in [0.717, 1.165) is 11.3 Å². The van der Waals surface area contributed by atoms with Crippen molar-refractivity contribution in [3.8, 4) is 6.07 Å². The van der Waals surface area contributed by atoms with Gasteiger partial charge in [0.05, 0.1) is 12.5 Å². The first-order valence-corrected chi connectivity index (χ1v) is 3.26. The molecule has 10 heavy (non-hydrogen) atoms. The van der Waals surface area contributed by atoms with E-state index in [1.165, 1.54) is 5.56 Å². The fourth-order valence-corrected chi connectivity index (χ4v) is 1.04. The van der Waals surface area contributed by atoms with Gasteiger partial charge in [-0.1, -0.05) is 0 Å². The quantitative estimate of drug-likeness (QED) is 0.623. The first-order chi connectivity index (χ1) is 4.75. The molecule has 0 aliphatic heterocycles. The summed E-state index contributed by atoms with van der Waals surface area (Å²) in [6, 6.07) is 2.13. The Morgan fingerprint density at radius 1 is 1.60 bits per heavy atom. The molecule has 1 aromatic rings. The second kappa shape index (κ2) is 2.57. The summed E-state index contributed by atoms with van der Waals surface area (Å²) < 4.78 is 0. The lowest BCUT2D eigenvalue weighted by Gasteiger charge is -1.91. The Morgan fingerprint density at radius 3 is 2.70 bits per heavy atom. The van der Waals surface area contributed by atoms with Crippen molar-refractivity contribution >= 4 is 0 Å². The molecular formula is C8H10N2. The highest BCUT2D eigenvalue weighted by Crippen LogP contribution is 2.11. The van der Waals surface area contributed by atoms with Crippen molar-refractivity contribution in [2.75, 3.05) is 0 Å². The van der Waals surface area contributed by atoms with Crippen LogP contribution in [0.1, 0.15) is 16.8 Å². The van der Waals surface area contributed by atoms with Crippen LogP contribution in [0, 0.1) is 25.2 Å². The van der Waals surface area contributed by atoms with Crippen molar-refractivity contribution in [3.05, 3.63) is 23.0 Å². The molecular weight excluding hydrogens is 124 g/mol. The van der Waals surface area contributed by atoms with Crippen LogP contribution in [-0.2, 0) is 6.42 Å². The minimum atomic E-state index is 0.515. The molecule has 0 aromatic carbocycles. The number of hydrogen-bond acceptors (Lipinski definition) is 1. The van der Waals surface area contributed by atoms with Crippen LogP contribution in [0.2, 0.25) is 0 Å². The number of hydrogen-bond donors (Lipinski definition) is 1. The smallest absolute Gasteiger partial charge is 0.0670 e. The van der Waals surface area contributed by atoms with Gasteiger partial charge in [0.2, 0.25) is 0 Å². The highest BCUT2D eigenvalue weighted by Gasteiger charge is 2.01. The second-order valence-corrected chi connectivity index (χ2v) is 2.41. The Bertz CT molecular complexity index is 246. The number of rotatable bonds is 1. The minimum absolute atomic E-state index is 0.515. The molecule has 0 bridgehead atoms. The summed E-state index contributed by atoms with van der Waals surface area (Å²) in [5.74, 6) is 0. The molecule has 0 radical (unpaired) electrons. The van der Waals surface area contributed by atoms with E-state index in [4.69, 9.17) is 5.26 Å².